The molecular formula is C17H14FP. The van der Waals surface area contributed by atoms with Crippen molar-refractivity contribution in [1.29, 1.82) is 0 Å². The lowest BCUT2D eigenvalue weighted by Gasteiger charge is -2.21. The van der Waals surface area contributed by atoms with E-state index in [9.17, 15) is 4.39 Å². The molecule has 2 aromatic carbocycles. The van der Waals surface area contributed by atoms with Crippen LogP contribution in [0.1, 0.15) is 0 Å². The number of benzene rings is 2. The minimum Gasteiger partial charge on any atom is -0.238 e. The van der Waals surface area contributed by atoms with Crippen LogP contribution in [-0.2, 0) is 0 Å². The van der Waals surface area contributed by atoms with E-state index in [1.807, 2.05) is 48.6 Å². The molecule has 2 aromatic rings. The highest BCUT2D eigenvalue weighted by Crippen LogP contribution is 2.47. The highest BCUT2D eigenvalue weighted by atomic mass is 31.1. The van der Waals surface area contributed by atoms with E-state index in [2.05, 4.69) is 24.3 Å². The Morgan fingerprint density at radius 3 is 1.74 bits per heavy atom. The highest BCUT2D eigenvalue weighted by Gasteiger charge is 2.25. The fourth-order valence-electron chi connectivity index (χ4n) is 2.24. The highest BCUT2D eigenvalue weighted by molar-refractivity contribution is 7.76. The molecule has 0 spiro atoms. The van der Waals surface area contributed by atoms with Crippen molar-refractivity contribution >= 4 is 18.5 Å². The van der Waals surface area contributed by atoms with Gasteiger partial charge in [0.1, 0.15) is 6.17 Å². The lowest BCUT2D eigenvalue weighted by atomic mass is 10.4. The summed E-state index contributed by atoms with van der Waals surface area (Å²) in [5.74, 6) is 0. The van der Waals surface area contributed by atoms with Crippen molar-refractivity contribution in [2.45, 2.75) is 6.17 Å². The number of halogens is 1. The predicted octanol–water partition coefficient (Wildman–Crippen LogP) is 3.91. The molecule has 0 heterocycles. The van der Waals surface area contributed by atoms with Gasteiger partial charge in [-0.15, -0.1) is 0 Å². The third kappa shape index (κ3) is 2.52. The molecule has 2 heteroatoms. The first kappa shape index (κ1) is 12.3. The van der Waals surface area contributed by atoms with E-state index in [-0.39, 0.29) is 0 Å². The van der Waals surface area contributed by atoms with Crippen LogP contribution in [0.2, 0.25) is 0 Å². The second-order valence-electron chi connectivity index (χ2n) is 4.38. The molecule has 0 bridgehead atoms. The van der Waals surface area contributed by atoms with Gasteiger partial charge in [0, 0.05) is 5.31 Å². The Labute approximate surface area is 114 Å². The molecule has 0 nitrogen and oxygen atoms in total. The molecule has 1 aliphatic rings. The van der Waals surface area contributed by atoms with Crippen LogP contribution in [0.4, 0.5) is 4.39 Å². The van der Waals surface area contributed by atoms with E-state index in [1.165, 1.54) is 10.6 Å². The van der Waals surface area contributed by atoms with Gasteiger partial charge in [-0.3, -0.25) is 0 Å². The second kappa shape index (κ2) is 5.50. The summed E-state index contributed by atoms with van der Waals surface area (Å²) >= 11 is 0. The average Bonchev–Trinajstić information content (AvgIpc) is 2.88. The van der Waals surface area contributed by atoms with E-state index < -0.39 is 14.1 Å². The Hall–Kier alpha value is -1.72. The second-order valence-corrected chi connectivity index (χ2v) is 6.60. The Bertz CT molecular complexity index is 562. The molecular weight excluding hydrogens is 254 g/mol. The zero-order chi connectivity index (χ0) is 13.1. The molecule has 0 aliphatic heterocycles. The molecule has 0 amide bonds. The van der Waals surface area contributed by atoms with Crippen LogP contribution in [0.15, 0.2) is 84.2 Å². The van der Waals surface area contributed by atoms with Crippen LogP contribution in [0.5, 0.6) is 0 Å². The zero-order valence-corrected chi connectivity index (χ0v) is 11.3. The number of rotatable bonds is 3. The fourth-order valence-corrected chi connectivity index (χ4v) is 4.64. The summed E-state index contributed by atoms with van der Waals surface area (Å²) in [6, 6.07) is 20.4. The first-order valence-electron chi connectivity index (χ1n) is 6.29. The van der Waals surface area contributed by atoms with Gasteiger partial charge in [-0.2, -0.15) is 0 Å². The minimum absolute atomic E-state index is 0.768. The molecule has 1 unspecified atom stereocenters. The minimum atomic E-state index is -0.952. The summed E-state index contributed by atoms with van der Waals surface area (Å²) in [5, 5.41) is 3.27. The molecule has 0 N–H and O–H groups in total. The van der Waals surface area contributed by atoms with Crippen LogP contribution in [0, 0.1) is 0 Å². The van der Waals surface area contributed by atoms with Crippen molar-refractivity contribution in [1.82, 2.24) is 0 Å². The van der Waals surface area contributed by atoms with Gasteiger partial charge >= 0.3 is 0 Å². The summed E-state index contributed by atoms with van der Waals surface area (Å²) in [4.78, 5) is 0. The zero-order valence-electron chi connectivity index (χ0n) is 10.4. The van der Waals surface area contributed by atoms with Gasteiger partial charge in [0.25, 0.3) is 0 Å². The quantitative estimate of drug-likeness (QED) is 0.740. The van der Waals surface area contributed by atoms with E-state index in [1.54, 1.807) is 6.08 Å². The maximum absolute atomic E-state index is 14.1. The number of allylic oxidation sites excluding steroid dienone is 4. The van der Waals surface area contributed by atoms with Gasteiger partial charge < -0.3 is 0 Å². The van der Waals surface area contributed by atoms with Crippen LogP contribution in [0.25, 0.3) is 0 Å². The molecule has 0 fully saturated rings. The molecule has 94 valence electrons. The van der Waals surface area contributed by atoms with E-state index in [0.29, 0.717) is 0 Å². The monoisotopic (exact) mass is 268 g/mol. The van der Waals surface area contributed by atoms with Crippen molar-refractivity contribution in [3.63, 3.8) is 0 Å². The molecule has 0 saturated carbocycles. The van der Waals surface area contributed by atoms with E-state index in [4.69, 9.17) is 0 Å². The van der Waals surface area contributed by atoms with Crippen molar-refractivity contribution in [2.24, 2.45) is 0 Å². The normalized spacial score (nSPS) is 17.8. The van der Waals surface area contributed by atoms with Crippen molar-refractivity contribution < 1.29 is 4.39 Å². The van der Waals surface area contributed by atoms with E-state index in [0.717, 1.165) is 5.31 Å². The predicted molar refractivity (Wildman–Crippen MR) is 81.2 cm³/mol. The first-order chi connectivity index (χ1) is 9.36. The maximum atomic E-state index is 14.1. The number of hydrogen-bond acceptors (Lipinski definition) is 0. The van der Waals surface area contributed by atoms with Crippen LogP contribution >= 0.6 is 7.92 Å². The molecule has 1 atom stereocenters. The summed E-state index contributed by atoms with van der Waals surface area (Å²) < 4.78 is 14.1. The van der Waals surface area contributed by atoms with Gasteiger partial charge in [0.2, 0.25) is 0 Å². The summed E-state index contributed by atoms with van der Waals surface area (Å²) in [7, 11) is -0.768. The molecule has 1 aliphatic carbocycles. The van der Waals surface area contributed by atoms with Crippen LogP contribution < -0.4 is 10.6 Å². The summed E-state index contributed by atoms with van der Waals surface area (Å²) in [5.41, 5.74) is 0. The SMILES string of the molecule is FC1C=CC=C1P(c1ccccc1)c1ccccc1. The van der Waals surface area contributed by atoms with Crippen LogP contribution in [0.3, 0.4) is 0 Å². The largest absolute Gasteiger partial charge is 0.238 e. The van der Waals surface area contributed by atoms with Gasteiger partial charge in [0.05, 0.1) is 0 Å². The van der Waals surface area contributed by atoms with Gasteiger partial charge in [0.15, 0.2) is 0 Å². The van der Waals surface area contributed by atoms with Crippen molar-refractivity contribution in [3.05, 3.63) is 84.2 Å². The Morgan fingerprint density at radius 1 is 0.789 bits per heavy atom. The average molecular weight is 268 g/mol. The number of hydrogen-bond donors (Lipinski definition) is 0. The molecule has 0 radical (unpaired) electrons. The lowest BCUT2D eigenvalue weighted by Crippen LogP contribution is -2.15. The smallest absolute Gasteiger partial charge is 0.145 e. The van der Waals surface area contributed by atoms with Crippen LogP contribution in [-0.4, -0.2) is 6.17 Å². The van der Waals surface area contributed by atoms with Gasteiger partial charge in [-0.05, 0) is 24.6 Å². The fraction of sp³-hybridized carbons (Fsp3) is 0.0588. The Balaban J connectivity index is 2.07. The van der Waals surface area contributed by atoms with Gasteiger partial charge in [-0.25, -0.2) is 4.39 Å². The molecule has 3 rings (SSSR count). The molecule has 0 aromatic heterocycles. The first-order valence-corrected chi connectivity index (χ1v) is 7.63. The maximum Gasteiger partial charge on any atom is 0.145 e. The molecule has 0 saturated heterocycles. The summed E-state index contributed by atoms with van der Waals surface area (Å²) in [6.07, 6.45) is 4.42. The Morgan fingerprint density at radius 2 is 1.32 bits per heavy atom. The summed E-state index contributed by atoms with van der Waals surface area (Å²) in [6.45, 7) is 0. The third-order valence-electron chi connectivity index (χ3n) is 3.12. The molecule has 19 heavy (non-hydrogen) atoms. The topological polar surface area (TPSA) is 0 Å². The van der Waals surface area contributed by atoms with E-state index >= 15 is 0 Å². The van der Waals surface area contributed by atoms with Crippen molar-refractivity contribution in [3.8, 4) is 0 Å². The van der Waals surface area contributed by atoms with Gasteiger partial charge in [-0.1, -0.05) is 72.8 Å². The number of alkyl halides is 1. The standard InChI is InChI=1S/C17H14FP/c18-16-12-7-13-17(16)19(14-8-3-1-4-9-14)15-10-5-2-6-11-15/h1-13,16H. The third-order valence-corrected chi connectivity index (χ3v) is 5.66. The lowest BCUT2D eigenvalue weighted by molar-refractivity contribution is 0.467. The van der Waals surface area contributed by atoms with Crippen molar-refractivity contribution in [2.75, 3.05) is 0 Å². The Kier molecular flexibility index (Phi) is 3.57.